The number of aliphatic hydroxyl groups is 1. The van der Waals surface area contributed by atoms with E-state index in [4.69, 9.17) is 4.74 Å². The van der Waals surface area contributed by atoms with Gasteiger partial charge in [-0.2, -0.15) is 0 Å². The van der Waals surface area contributed by atoms with Gasteiger partial charge in [0.2, 0.25) is 0 Å². The molecule has 0 amide bonds. The van der Waals surface area contributed by atoms with Crippen molar-refractivity contribution in [2.24, 2.45) is 5.92 Å². The zero-order chi connectivity index (χ0) is 12.8. The van der Waals surface area contributed by atoms with E-state index >= 15 is 0 Å². The number of hydrogen-bond acceptors (Lipinski definition) is 3. The highest BCUT2D eigenvalue weighted by Gasteiger charge is 2.25. The number of benzene rings is 1. The van der Waals surface area contributed by atoms with Crippen LogP contribution in [0.5, 0.6) is 0 Å². The summed E-state index contributed by atoms with van der Waals surface area (Å²) >= 11 is 0. The van der Waals surface area contributed by atoms with E-state index in [9.17, 15) is 9.90 Å². The van der Waals surface area contributed by atoms with Crippen molar-refractivity contribution in [3.8, 4) is 0 Å². The van der Waals surface area contributed by atoms with Gasteiger partial charge in [-0.05, 0) is 11.5 Å². The summed E-state index contributed by atoms with van der Waals surface area (Å²) in [5.41, 5.74) is 0.951. The molecule has 0 heterocycles. The molecule has 0 unspecified atom stereocenters. The van der Waals surface area contributed by atoms with Crippen molar-refractivity contribution in [2.45, 2.75) is 32.4 Å². The topological polar surface area (TPSA) is 46.5 Å². The fraction of sp³-hybridized carbons (Fsp3) is 0.462. The Balaban J connectivity index is 2.45. The van der Waals surface area contributed by atoms with Crippen LogP contribution in [0.1, 0.15) is 19.4 Å². The van der Waals surface area contributed by atoms with Gasteiger partial charge in [-0.3, -0.25) is 4.79 Å². The molecule has 1 N–H and O–H groups in total. The van der Waals surface area contributed by atoms with Gasteiger partial charge in [-0.25, -0.2) is 0 Å². The summed E-state index contributed by atoms with van der Waals surface area (Å²) in [7, 11) is 1.69. The summed E-state index contributed by atoms with van der Waals surface area (Å²) in [5, 5.41) is 9.76. The molecule has 1 aromatic rings. The second-order valence-corrected chi connectivity index (χ2v) is 4.62. The van der Waals surface area contributed by atoms with Crippen molar-refractivity contribution < 1.29 is 14.6 Å². The van der Waals surface area contributed by atoms with Crippen molar-refractivity contribution in [2.75, 3.05) is 0 Å². The first-order chi connectivity index (χ1) is 8.02. The summed E-state index contributed by atoms with van der Waals surface area (Å²) in [6.07, 6.45) is -0.654. The van der Waals surface area contributed by atoms with E-state index in [1.54, 1.807) is 7.85 Å². The largest absolute Gasteiger partial charge is 0.461 e. The molecular weight excluding hydrogens is 215 g/mol. The zero-order valence-electron chi connectivity index (χ0n) is 10.6. The van der Waals surface area contributed by atoms with Gasteiger partial charge >= 0.3 is 5.97 Å². The second-order valence-electron chi connectivity index (χ2n) is 4.62. The summed E-state index contributed by atoms with van der Waals surface area (Å²) in [6.45, 7) is 4.02. The Kier molecular flexibility index (Phi) is 5.23. The number of ether oxygens (including phenoxy) is 1. The number of hydrogen-bond donors (Lipinski definition) is 1. The normalized spacial score (nSPS) is 14.4. The molecule has 0 fully saturated rings. The lowest BCUT2D eigenvalue weighted by Gasteiger charge is -2.20. The third-order valence-electron chi connectivity index (χ3n) is 2.79. The average Bonchev–Trinajstić information content (AvgIpc) is 2.35. The smallest absolute Gasteiger partial charge is 0.303 e. The van der Waals surface area contributed by atoms with E-state index in [-0.39, 0.29) is 18.5 Å². The Morgan fingerprint density at radius 2 is 1.94 bits per heavy atom. The Morgan fingerprint density at radius 1 is 1.35 bits per heavy atom. The molecule has 0 aromatic heterocycles. The van der Waals surface area contributed by atoms with E-state index in [0.717, 1.165) is 5.56 Å². The maximum atomic E-state index is 11.7. The summed E-state index contributed by atoms with van der Waals surface area (Å²) in [5.74, 6) is -0.789. The average molecular weight is 234 g/mol. The van der Waals surface area contributed by atoms with Crippen LogP contribution in [0.2, 0.25) is 5.82 Å². The molecule has 0 aliphatic rings. The molecular formula is C13H19BO3. The van der Waals surface area contributed by atoms with E-state index < -0.39 is 11.9 Å². The van der Waals surface area contributed by atoms with Crippen LogP contribution < -0.4 is 0 Å². The van der Waals surface area contributed by atoms with E-state index in [0.29, 0.717) is 0 Å². The predicted octanol–water partition coefficient (Wildman–Crippen LogP) is 1.17. The third-order valence-corrected chi connectivity index (χ3v) is 2.79. The van der Waals surface area contributed by atoms with Gasteiger partial charge < -0.3 is 9.84 Å². The predicted molar refractivity (Wildman–Crippen MR) is 69.4 cm³/mol. The lowest BCUT2D eigenvalue weighted by Crippen LogP contribution is -2.29. The molecule has 4 heteroatoms. The SMILES string of the molecule is B[C@@H](C(=O)OCc1ccccc1)[C@H](O)C(C)C. The monoisotopic (exact) mass is 234 g/mol. The van der Waals surface area contributed by atoms with Crippen LogP contribution in [0.4, 0.5) is 0 Å². The molecule has 0 aliphatic heterocycles. The highest BCUT2D eigenvalue weighted by Crippen LogP contribution is 2.17. The molecule has 0 bridgehead atoms. The maximum Gasteiger partial charge on any atom is 0.303 e. The van der Waals surface area contributed by atoms with Crippen LogP contribution in [0, 0.1) is 5.92 Å². The molecule has 1 aromatic carbocycles. The number of esters is 1. The minimum Gasteiger partial charge on any atom is -0.461 e. The zero-order valence-corrected chi connectivity index (χ0v) is 10.6. The minimum atomic E-state index is -0.654. The van der Waals surface area contributed by atoms with Gasteiger partial charge in [-0.1, -0.05) is 44.2 Å². The van der Waals surface area contributed by atoms with Gasteiger partial charge in [0.15, 0.2) is 0 Å². The molecule has 0 radical (unpaired) electrons. The van der Waals surface area contributed by atoms with Crippen molar-refractivity contribution in [1.29, 1.82) is 0 Å². The Hall–Kier alpha value is -1.29. The molecule has 17 heavy (non-hydrogen) atoms. The highest BCUT2D eigenvalue weighted by atomic mass is 16.5. The fourth-order valence-electron chi connectivity index (χ4n) is 1.58. The van der Waals surface area contributed by atoms with E-state index in [1.807, 2.05) is 44.2 Å². The van der Waals surface area contributed by atoms with Crippen LogP contribution in [0.15, 0.2) is 30.3 Å². The van der Waals surface area contributed by atoms with Crippen LogP contribution in [0.3, 0.4) is 0 Å². The summed E-state index contributed by atoms with van der Waals surface area (Å²) in [4.78, 5) is 11.7. The molecule has 0 aliphatic carbocycles. The van der Waals surface area contributed by atoms with Crippen molar-refractivity contribution in [3.63, 3.8) is 0 Å². The Bertz CT molecular complexity index is 351. The second kappa shape index (κ2) is 6.45. The van der Waals surface area contributed by atoms with E-state index in [2.05, 4.69) is 0 Å². The molecule has 0 spiro atoms. The first-order valence-corrected chi connectivity index (χ1v) is 5.91. The first kappa shape index (κ1) is 13.8. The molecule has 2 atom stereocenters. The third kappa shape index (κ3) is 4.23. The summed E-state index contributed by atoms with van der Waals surface area (Å²) < 4.78 is 5.16. The highest BCUT2D eigenvalue weighted by molar-refractivity contribution is 6.23. The number of aliphatic hydroxyl groups excluding tert-OH is 1. The van der Waals surface area contributed by atoms with Gasteiger partial charge in [0.1, 0.15) is 14.5 Å². The fourth-order valence-corrected chi connectivity index (χ4v) is 1.58. The molecule has 0 saturated carbocycles. The van der Waals surface area contributed by atoms with Gasteiger partial charge in [0.25, 0.3) is 0 Å². The summed E-state index contributed by atoms with van der Waals surface area (Å²) in [6, 6.07) is 9.51. The van der Waals surface area contributed by atoms with Crippen LogP contribution in [-0.4, -0.2) is 25.0 Å². The quantitative estimate of drug-likeness (QED) is 0.614. The maximum absolute atomic E-state index is 11.7. The standard InChI is InChI=1S/C13H19BO3/c1-9(2)12(15)11(14)13(16)17-8-10-6-4-3-5-7-10/h3-7,9,11-12,15H,8,14H2,1-2H3/t11-,12-/m1/s1. The van der Waals surface area contributed by atoms with Crippen LogP contribution in [-0.2, 0) is 16.1 Å². The number of carbonyl (C=O) groups is 1. The number of carbonyl (C=O) groups excluding carboxylic acids is 1. The van der Waals surface area contributed by atoms with E-state index in [1.165, 1.54) is 0 Å². The molecule has 3 nitrogen and oxygen atoms in total. The van der Waals surface area contributed by atoms with Crippen molar-refractivity contribution in [1.82, 2.24) is 0 Å². The van der Waals surface area contributed by atoms with Crippen LogP contribution in [0.25, 0.3) is 0 Å². The van der Waals surface area contributed by atoms with Crippen LogP contribution >= 0.6 is 0 Å². The van der Waals surface area contributed by atoms with Gasteiger partial charge in [-0.15, -0.1) is 0 Å². The van der Waals surface area contributed by atoms with Gasteiger partial charge in [0.05, 0.1) is 11.9 Å². The Labute approximate surface area is 103 Å². The Morgan fingerprint density at radius 3 is 2.47 bits per heavy atom. The minimum absolute atomic E-state index is 0.0503. The first-order valence-electron chi connectivity index (χ1n) is 5.91. The number of rotatable bonds is 5. The van der Waals surface area contributed by atoms with Crippen molar-refractivity contribution in [3.05, 3.63) is 35.9 Å². The van der Waals surface area contributed by atoms with Gasteiger partial charge in [0, 0.05) is 0 Å². The van der Waals surface area contributed by atoms with Crippen molar-refractivity contribution >= 4 is 13.8 Å². The lowest BCUT2D eigenvalue weighted by atomic mass is 9.78. The molecule has 92 valence electrons. The molecule has 1 rings (SSSR count). The molecule has 0 saturated heterocycles. The lowest BCUT2D eigenvalue weighted by molar-refractivity contribution is -0.147.